The molecule has 0 amide bonds. The van der Waals surface area contributed by atoms with E-state index in [1.54, 1.807) is 0 Å². The van der Waals surface area contributed by atoms with Crippen molar-refractivity contribution >= 4 is 32.2 Å². The molecule has 1 aliphatic carbocycles. The van der Waals surface area contributed by atoms with Gasteiger partial charge in [-0.2, -0.15) is 0 Å². The van der Waals surface area contributed by atoms with E-state index in [1.165, 1.54) is 49.8 Å². The summed E-state index contributed by atoms with van der Waals surface area (Å²) in [5, 5.41) is 1.48. The van der Waals surface area contributed by atoms with Gasteiger partial charge >= 0.3 is 0 Å². The molecule has 3 heteroatoms. The minimum atomic E-state index is -1.81. The van der Waals surface area contributed by atoms with E-state index in [0.29, 0.717) is 11.3 Å². The maximum Gasteiger partial charge on any atom is 0.170 e. The van der Waals surface area contributed by atoms with E-state index in [2.05, 4.69) is 156 Å². The van der Waals surface area contributed by atoms with Crippen LogP contribution in [0.3, 0.4) is 0 Å². The van der Waals surface area contributed by atoms with Crippen molar-refractivity contribution in [2.45, 2.75) is 111 Å². The first-order chi connectivity index (χ1) is 18.4. The van der Waals surface area contributed by atoms with Gasteiger partial charge in [0.15, 0.2) is 8.24 Å². The van der Waals surface area contributed by atoms with Crippen molar-refractivity contribution in [3.8, 4) is 11.1 Å². The van der Waals surface area contributed by atoms with Crippen LogP contribution in [0.15, 0.2) is 65.1 Å². The minimum Gasteiger partial charge on any atom is -0.333 e. The van der Waals surface area contributed by atoms with Crippen LogP contribution in [0, 0.1) is 0 Å². The average Bonchev–Trinajstić information content (AvgIpc) is 3.13. The first-order valence-electron chi connectivity index (χ1n) is 15.1. The fraction of sp³-hybridized carbons (Fsp3) is 0.459. The van der Waals surface area contributed by atoms with Gasteiger partial charge in [0, 0.05) is 0 Å². The van der Waals surface area contributed by atoms with Crippen molar-refractivity contribution < 1.29 is 0 Å². The Bertz CT molecular complexity index is 1420. The van der Waals surface area contributed by atoms with E-state index in [9.17, 15) is 0 Å². The quantitative estimate of drug-likeness (QED) is 0.167. The molecular formula is C37H52NPSi. The van der Waals surface area contributed by atoms with Crippen molar-refractivity contribution in [3.05, 3.63) is 88.5 Å². The highest BCUT2D eigenvalue weighted by atomic mass is 31.2. The van der Waals surface area contributed by atoms with E-state index in [0.717, 1.165) is 0 Å². The number of hydrogen-bond acceptors (Lipinski definition) is 1. The molecule has 214 valence electrons. The molecule has 0 spiro atoms. The van der Waals surface area contributed by atoms with Gasteiger partial charge < -0.3 is 4.41 Å². The van der Waals surface area contributed by atoms with Crippen molar-refractivity contribution in [1.29, 1.82) is 0 Å². The summed E-state index contributed by atoms with van der Waals surface area (Å²) in [6, 6.07) is 23.5. The van der Waals surface area contributed by atoms with Crippen LogP contribution in [0.4, 0.5) is 0 Å². The normalized spacial score (nSPS) is 14.0. The molecule has 0 saturated carbocycles. The largest absolute Gasteiger partial charge is 0.333 e. The van der Waals surface area contributed by atoms with Crippen LogP contribution in [-0.4, -0.2) is 19.6 Å². The highest BCUT2D eigenvalue weighted by Crippen LogP contribution is 2.59. The molecule has 1 aliphatic rings. The average molecular weight is 570 g/mol. The molecule has 40 heavy (non-hydrogen) atoms. The van der Waals surface area contributed by atoms with Crippen LogP contribution in [0.2, 0.25) is 19.6 Å². The molecule has 0 unspecified atom stereocenters. The third-order valence-electron chi connectivity index (χ3n) is 8.30. The zero-order valence-corrected chi connectivity index (χ0v) is 29.3. The second-order valence-electron chi connectivity index (χ2n) is 15.3. The Labute approximate surface area is 246 Å². The molecule has 0 aromatic heterocycles. The van der Waals surface area contributed by atoms with Crippen molar-refractivity contribution in [2.24, 2.45) is 4.41 Å². The van der Waals surface area contributed by atoms with Gasteiger partial charge in [-0.05, 0) is 97.2 Å². The predicted octanol–water partition coefficient (Wildman–Crippen LogP) is 11.3. The minimum absolute atomic E-state index is 0.0928. The Hall–Kier alpha value is -2.15. The molecule has 4 rings (SSSR count). The molecule has 3 aromatic rings. The van der Waals surface area contributed by atoms with Crippen LogP contribution in [0.5, 0.6) is 0 Å². The zero-order valence-electron chi connectivity index (χ0n) is 27.4. The van der Waals surface area contributed by atoms with Gasteiger partial charge in [-0.1, -0.05) is 137 Å². The summed E-state index contributed by atoms with van der Waals surface area (Å²) in [7, 11) is -3.49. The number of fused-ring (bicyclic) bond motifs is 3. The third-order valence-corrected chi connectivity index (χ3v) is 16.4. The Morgan fingerprint density at radius 3 is 1.50 bits per heavy atom. The van der Waals surface area contributed by atoms with Gasteiger partial charge in [-0.15, -0.1) is 0 Å². The van der Waals surface area contributed by atoms with Crippen LogP contribution < -0.4 is 5.30 Å². The molecule has 3 aromatic carbocycles. The number of benzene rings is 3. The monoisotopic (exact) mass is 569 g/mol. The molecule has 0 aliphatic heterocycles. The molecule has 0 atom stereocenters. The maximum absolute atomic E-state index is 5.85. The van der Waals surface area contributed by atoms with Gasteiger partial charge in [0.1, 0.15) is 0 Å². The molecule has 0 saturated heterocycles. The lowest BCUT2D eigenvalue weighted by Gasteiger charge is -2.37. The van der Waals surface area contributed by atoms with Crippen molar-refractivity contribution in [2.75, 3.05) is 0 Å². The topological polar surface area (TPSA) is 12.4 Å². The van der Waals surface area contributed by atoms with Gasteiger partial charge in [0.25, 0.3) is 0 Å². The van der Waals surface area contributed by atoms with E-state index >= 15 is 0 Å². The fourth-order valence-corrected chi connectivity index (χ4v) is 15.7. The Morgan fingerprint density at radius 1 is 0.650 bits per heavy atom. The molecule has 0 bridgehead atoms. The zero-order chi connectivity index (χ0) is 29.8. The second-order valence-corrected chi connectivity index (χ2v) is 24.5. The van der Waals surface area contributed by atoms with Crippen molar-refractivity contribution in [1.82, 2.24) is 0 Å². The smallest absolute Gasteiger partial charge is 0.170 e. The van der Waals surface area contributed by atoms with Gasteiger partial charge in [-0.25, -0.2) is 0 Å². The third kappa shape index (κ3) is 5.77. The van der Waals surface area contributed by atoms with Crippen LogP contribution in [0.25, 0.3) is 22.8 Å². The van der Waals surface area contributed by atoms with E-state index < -0.39 is 15.3 Å². The molecule has 0 heterocycles. The van der Waals surface area contributed by atoms with Crippen LogP contribution in [0.1, 0.15) is 97.1 Å². The predicted molar refractivity (Wildman–Crippen MR) is 185 cm³/mol. The number of hydrogen-bond donors (Lipinski definition) is 0. The van der Waals surface area contributed by atoms with Crippen molar-refractivity contribution in [3.63, 3.8) is 0 Å². The summed E-state index contributed by atoms with van der Waals surface area (Å²) in [5.41, 5.74) is 12.1. The summed E-state index contributed by atoms with van der Waals surface area (Å²) in [6.07, 6.45) is 2.51. The van der Waals surface area contributed by atoms with Gasteiger partial charge in [0.2, 0.25) is 0 Å². The molecule has 0 fully saturated rings. The Kier molecular flexibility index (Phi) is 8.16. The first kappa shape index (κ1) is 30.8. The molecule has 1 nitrogen and oxygen atoms in total. The summed E-state index contributed by atoms with van der Waals surface area (Å²) in [6.45, 7) is 30.7. The second kappa shape index (κ2) is 10.6. The van der Waals surface area contributed by atoms with E-state index in [-0.39, 0.29) is 10.8 Å². The highest BCUT2D eigenvalue weighted by molar-refractivity contribution is 7.76. The van der Waals surface area contributed by atoms with Crippen LogP contribution in [-0.2, 0) is 10.8 Å². The molecular weight excluding hydrogens is 517 g/mol. The maximum atomic E-state index is 5.85. The lowest BCUT2D eigenvalue weighted by molar-refractivity contribution is 0.590. The number of rotatable bonds is 5. The van der Waals surface area contributed by atoms with Gasteiger partial charge in [-0.3, -0.25) is 0 Å². The van der Waals surface area contributed by atoms with Gasteiger partial charge in [0.05, 0.1) is 0 Å². The molecule has 0 radical (unpaired) electrons. The first-order valence-corrected chi connectivity index (χ1v) is 20.4. The lowest BCUT2D eigenvalue weighted by Crippen LogP contribution is -2.27. The SMILES string of the molecule is CC(C)P(=N[Si](C)(C)C)(c1ccccc1C=C1c2cc(C(C)(C)C)ccc2-c2ccc(C(C)(C)C)cc21)C(C)C. The fourth-order valence-electron chi connectivity index (χ4n) is 6.26. The van der Waals surface area contributed by atoms with Crippen LogP contribution >= 0.6 is 7.05 Å². The Balaban J connectivity index is 2.09. The summed E-state index contributed by atoms with van der Waals surface area (Å²) in [4.78, 5) is 0. The standard InChI is InChI=1S/C37H52NPSi/c1-25(2)39(26(3)4,38-40(11,12)13)35-17-15-14-16-27(35)22-32-33-23-28(36(5,6)7)18-20-30(33)31-21-19-29(24-34(31)32)37(8,9)10/h14-26H,1-13H3. The summed E-state index contributed by atoms with van der Waals surface area (Å²) in [5.74, 6) is 0. The van der Waals surface area contributed by atoms with E-state index in [4.69, 9.17) is 4.41 Å². The molecule has 0 N–H and O–H groups in total. The summed E-state index contributed by atoms with van der Waals surface area (Å²) < 4.78 is 5.85. The number of nitrogens with zero attached hydrogens (tertiary/aromatic N) is 1. The van der Waals surface area contributed by atoms with E-state index in [1.807, 2.05) is 0 Å². The summed E-state index contributed by atoms with van der Waals surface area (Å²) >= 11 is 0. The Morgan fingerprint density at radius 2 is 1.10 bits per heavy atom. The lowest BCUT2D eigenvalue weighted by atomic mass is 9.84. The highest BCUT2D eigenvalue weighted by Gasteiger charge is 2.34.